The van der Waals surface area contributed by atoms with E-state index in [-0.39, 0.29) is 6.04 Å². The van der Waals surface area contributed by atoms with Crippen molar-refractivity contribution in [1.29, 1.82) is 0 Å². The minimum Gasteiger partial charge on any atom is -0.497 e. The fraction of sp³-hybridized carbons (Fsp3) is 0.333. The van der Waals surface area contributed by atoms with Gasteiger partial charge in [-0.3, -0.25) is 0 Å². The Balaban J connectivity index is 2.12. The lowest BCUT2D eigenvalue weighted by Gasteiger charge is -2.25. The van der Waals surface area contributed by atoms with Crippen LogP contribution in [-0.2, 0) is 0 Å². The van der Waals surface area contributed by atoms with Crippen molar-refractivity contribution in [2.24, 2.45) is 0 Å². The molecule has 2 rings (SSSR count). The van der Waals surface area contributed by atoms with E-state index in [4.69, 9.17) is 10.5 Å². The highest BCUT2D eigenvalue weighted by molar-refractivity contribution is 5.43. The number of methoxy groups -OCH3 is 1. The van der Waals surface area contributed by atoms with Gasteiger partial charge >= 0.3 is 0 Å². The zero-order chi connectivity index (χ0) is 15.2. The fourth-order valence-electron chi connectivity index (χ4n) is 2.12. The Morgan fingerprint density at radius 2 is 2.10 bits per heavy atom. The van der Waals surface area contributed by atoms with E-state index in [1.54, 1.807) is 13.2 Å². The Morgan fingerprint density at radius 1 is 1.29 bits per heavy atom. The van der Waals surface area contributed by atoms with Gasteiger partial charge in [-0.1, -0.05) is 12.1 Å². The van der Waals surface area contributed by atoms with Crippen LogP contribution in [0.25, 0.3) is 0 Å². The van der Waals surface area contributed by atoms with Crippen molar-refractivity contribution in [3.8, 4) is 5.75 Å². The lowest BCUT2D eigenvalue weighted by molar-refractivity contribution is 0.310. The summed E-state index contributed by atoms with van der Waals surface area (Å²) < 4.78 is 5.29. The summed E-state index contributed by atoms with van der Waals surface area (Å²) in [5.41, 5.74) is 6.83. The molecule has 0 spiro atoms. The topological polar surface area (TPSA) is 76.3 Å². The average Bonchev–Trinajstić information content (AvgIpc) is 2.47. The van der Waals surface area contributed by atoms with Crippen molar-refractivity contribution in [3.05, 3.63) is 42.2 Å². The Labute approximate surface area is 125 Å². The highest BCUT2D eigenvalue weighted by atomic mass is 16.5. The van der Waals surface area contributed by atoms with Crippen LogP contribution in [-0.4, -0.2) is 42.6 Å². The molecular weight excluding hydrogens is 266 g/mol. The van der Waals surface area contributed by atoms with E-state index in [9.17, 15) is 0 Å². The van der Waals surface area contributed by atoms with Gasteiger partial charge in [0.05, 0.1) is 13.2 Å². The standard InChI is InChI=1S/C15H21N5O/c1-20(2)13(11-5-4-6-12(7-11)21-3)9-17-15-8-14(16)18-10-19-15/h4-8,10,13H,9H2,1-3H3,(H3,16,17,18,19). The third-order valence-corrected chi connectivity index (χ3v) is 3.27. The number of nitrogens with one attached hydrogen (secondary N) is 1. The molecule has 3 N–H and O–H groups in total. The molecule has 0 aliphatic rings. The number of ether oxygens (including phenoxy) is 1. The first kappa shape index (κ1) is 15.1. The first-order valence-electron chi connectivity index (χ1n) is 6.72. The summed E-state index contributed by atoms with van der Waals surface area (Å²) in [5, 5.41) is 3.29. The van der Waals surface area contributed by atoms with E-state index in [1.165, 1.54) is 11.9 Å². The molecular formula is C15H21N5O. The smallest absolute Gasteiger partial charge is 0.131 e. The van der Waals surface area contributed by atoms with Crippen molar-refractivity contribution in [2.75, 3.05) is 38.8 Å². The number of hydrogen-bond donors (Lipinski definition) is 2. The normalized spacial score (nSPS) is 12.2. The molecule has 6 nitrogen and oxygen atoms in total. The molecule has 1 aromatic heterocycles. The number of anilines is 2. The Morgan fingerprint density at radius 3 is 2.76 bits per heavy atom. The molecule has 6 heteroatoms. The Kier molecular flexibility index (Phi) is 4.94. The number of hydrogen-bond acceptors (Lipinski definition) is 6. The molecule has 0 radical (unpaired) electrons. The third kappa shape index (κ3) is 4.06. The van der Waals surface area contributed by atoms with Gasteiger partial charge in [0.15, 0.2) is 0 Å². The van der Waals surface area contributed by atoms with Gasteiger partial charge in [-0.25, -0.2) is 9.97 Å². The molecule has 0 saturated heterocycles. The molecule has 0 aliphatic carbocycles. The monoisotopic (exact) mass is 287 g/mol. The molecule has 0 fully saturated rings. The third-order valence-electron chi connectivity index (χ3n) is 3.27. The van der Waals surface area contributed by atoms with Crippen LogP contribution in [0.4, 0.5) is 11.6 Å². The van der Waals surface area contributed by atoms with E-state index < -0.39 is 0 Å². The summed E-state index contributed by atoms with van der Waals surface area (Å²) >= 11 is 0. The van der Waals surface area contributed by atoms with E-state index in [1.807, 2.05) is 32.3 Å². The molecule has 1 unspecified atom stereocenters. The van der Waals surface area contributed by atoms with Gasteiger partial charge in [0, 0.05) is 12.6 Å². The summed E-state index contributed by atoms with van der Waals surface area (Å²) in [5.74, 6) is 2.03. The van der Waals surface area contributed by atoms with Gasteiger partial charge in [-0.2, -0.15) is 0 Å². The lowest BCUT2D eigenvalue weighted by atomic mass is 10.1. The van der Waals surface area contributed by atoms with E-state index >= 15 is 0 Å². The predicted molar refractivity (Wildman–Crippen MR) is 84.4 cm³/mol. The van der Waals surface area contributed by atoms with Gasteiger partial charge < -0.3 is 20.7 Å². The second-order valence-corrected chi connectivity index (χ2v) is 4.97. The average molecular weight is 287 g/mol. The van der Waals surface area contributed by atoms with Gasteiger partial charge in [-0.15, -0.1) is 0 Å². The number of nitrogen functional groups attached to an aromatic ring is 1. The fourth-order valence-corrected chi connectivity index (χ4v) is 2.12. The molecule has 0 aliphatic heterocycles. The van der Waals surface area contributed by atoms with Crippen LogP contribution in [0.2, 0.25) is 0 Å². The molecule has 0 amide bonds. The second kappa shape index (κ2) is 6.90. The zero-order valence-electron chi connectivity index (χ0n) is 12.6. The summed E-state index contributed by atoms with van der Waals surface area (Å²) in [4.78, 5) is 10.2. The summed E-state index contributed by atoms with van der Waals surface area (Å²) in [6, 6.07) is 9.97. The highest BCUT2D eigenvalue weighted by Crippen LogP contribution is 2.23. The quantitative estimate of drug-likeness (QED) is 0.843. The van der Waals surface area contributed by atoms with E-state index in [0.717, 1.165) is 11.6 Å². The number of benzene rings is 1. The van der Waals surface area contributed by atoms with Crippen LogP contribution in [0.3, 0.4) is 0 Å². The number of likely N-dealkylation sites (N-methyl/N-ethyl adjacent to an activating group) is 1. The highest BCUT2D eigenvalue weighted by Gasteiger charge is 2.14. The first-order valence-corrected chi connectivity index (χ1v) is 6.72. The van der Waals surface area contributed by atoms with E-state index in [2.05, 4.69) is 26.3 Å². The summed E-state index contributed by atoms with van der Waals surface area (Å²) in [6.07, 6.45) is 1.45. The van der Waals surface area contributed by atoms with E-state index in [0.29, 0.717) is 12.4 Å². The van der Waals surface area contributed by atoms with Crippen LogP contribution < -0.4 is 15.8 Å². The molecule has 0 bridgehead atoms. The van der Waals surface area contributed by atoms with Gasteiger partial charge in [0.25, 0.3) is 0 Å². The van der Waals surface area contributed by atoms with Gasteiger partial charge in [0.2, 0.25) is 0 Å². The zero-order valence-corrected chi connectivity index (χ0v) is 12.6. The van der Waals surface area contributed by atoms with Crippen LogP contribution in [0.5, 0.6) is 5.75 Å². The van der Waals surface area contributed by atoms with Crippen LogP contribution in [0.1, 0.15) is 11.6 Å². The van der Waals surface area contributed by atoms with Gasteiger partial charge in [0.1, 0.15) is 23.7 Å². The minimum atomic E-state index is 0.191. The Hall–Kier alpha value is -2.34. The van der Waals surface area contributed by atoms with Crippen molar-refractivity contribution < 1.29 is 4.74 Å². The lowest BCUT2D eigenvalue weighted by Crippen LogP contribution is -2.27. The van der Waals surface area contributed by atoms with Crippen LogP contribution >= 0.6 is 0 Å². The molecule has 112 valence electrons. The molecule has 2 aromatic rings. The van der Waals surface area contributed by atoms with Crippen molar-refractivity contribution in [3.63, 3.8) is 0 Å². The summed E-state index contributed by atoms with van der Waals surface area (Å²) in [6.45, 7) is 0.705. The maximum Gasteiger partial charge on any atom is 0.131 e. The molecule has 1 aromatic carbocycles. The van der Waals surface area contributed by atoms with Crippen molar-refractivity contribution >= 4 is 11.6 Å². The molecule has 0 saturated carbocycles. The Bertz CT molecular complexity index is 588. The van der Waals surface area contributed by atoms with Crippen LogP contribution in [0.15, 0.2) is 36.7 Å². The SMILES string of the molecule is COc1cccc(C(CNc2cc(N)ncn2)N(C)C)c1. The maximum atomic E-state index is 5.66. The number of rotatable bonds is 6. The maximum absolute atomic E-state index is 5.66. The second-order valence-electron chi connectivity index (χ2n) is 4.97. The van der Waals surface area contributed by atoms with Crippen molar-refractivity contribution in [2.45, 2.75) is 6.04 Å². The largest absolute Gasteiger partial charge is 0.497 e. The number of nitrogens with two attached hydrogens (primary N) is 1. The molecule has 1 heterocycles. The predicted octanol–water partition coefficient (Wildman–Crippen LogP) is 1.78. The number of aromatic nitrogens is 2. The number of nitrogens with zero attached hydrogens (tertiary/aromatic N) is 3. The van der Waals surface area contributed by atoms with Crippen molar-refractivity contribution in [1.82, 2.24) is 14.9 Å². The molecule has 21 heavy (non-hydrogen) atoms. The first-order chi connectivity index (χ1) is 10.1. The minimum absolute atomic E-state index is 0.191. The summed E-state index contributed by atoms with van der Waals surface area (Å²) in [7, 11) is 5.76. The van der Waals surface area contributed by atoms with Crippen LogP contribution in [0, 0.1) is 0 Å². The molecule has 1 atom stereocenters. The van der Waals surface area contributed by atoms with Gasteiger partial charge in [-0.05, 0) is 31.8 Å².